The third-order valence-electron chi connectivity index (χ3n) is 2.80. The molecule has 0 fully saturated rings. The Hall–Kier alpha value is -2.15. The maximum Gasteiger partial charge on any atom is 0.244 e. The second-order valence-electron chi connectivity index (χ2n) is 4.18. The number of hydrazone groups is 1. The monoisotopic (exact) mass is 336 g/mol. The quantitative estimate of drug-likeness (QED) is 0.883. The molecule has 1 aromatic carbocycles. The highest BCUT2D eigenvalue weighted by atomic mass is 79.9. The molecule has 1 unspecified atom stereocenters. The van der Waals surface area contributed by atoms with Gasteiger partial charge < -0.3 is 10.5 Å². The van der Waals surface area contributed by atoms with Gasteiger partial charge in [0.15, 0.2) is 0 Å². The van der Waals surface area contributed by atoms with Crippen LogP contribution >= 0.6 is 15.9 Å². The zero-order valence-corrected chi connectivity index (χ0v) is 11.8. The first-order chi connectivity index (χ1) is 9.63. The van der Waals surface area contributed by atoms with Gasteiger partial charge in [0.1, 0.15) is 11.6 Å². The molecular formula is C13H10BrFN4O. The van der Waals surface area contributed by atoms with Crippen LogP contribution in [0.4, 0.5) is 10.2 Å². The smallest absolute Gasteiger partial charge is 0.244 e. The molecular weight excluding hydrogens is 327 g/mol. The Morgan fingerprint density at radius 1 is 1.30 bits per heavy atom. The SMILES string of the molecule is Nc1ncc(Br)cc1C1=NNC(c2ccc(F)cc2)O1. The zero-order chi connectivity index (χ0) is 14.1. The van der Waals surface area contributed by atoms with Gasteiger partial charge in [0.2, 0.25) is 12.1 Å². The normalized spacial score (nSPS) is 17.3. The average molecular weight is 337 g/mol. The van der Waals surface area contributed by atoms with Crippen LogP contribution in [0, 0.1) is 5.82 Å². The second kappa shape index (κ2) is 5.09. The maximum atomic E-state index is 12.9. The summed E-state index contributed by atoms with van der Waals surface area (Å²) in [4.78, 5) is 4.03. The van der Waals surface area contributed by atoms with E-state index in [4.69, 9.17) is 10.5 Å². The molecule has 0 saturated heterocycles. The van der Waals surface area contributed by atoms with E-state index in [0.29, 0.717) is 17.3 Å². The molecule has 1 atom stereocenters. The van der Waals surface area contributed by atoms with Crippen LogP contribution in [0.2, 0.25) is 0 Å². The number of nitrogens with zero attached hydrogens (tertiary/aromatic N) is 2. The van der Waals surface area contributed by atoms with Crippen LogP contribution < -0.4 is 11.2 Å². The number of hydrogen-bond acceptors (Lipinski definition) is 5. The van der Waals surface area contributed by atoms with E-state index in [1.165, 1.54) is 12.1 Å². The average Bonchev–Trinajstić information content (AvgIpc) is 2.92. The van der Waals surface area contributed by atoms with Crippen molar-refractivity contribution in [3.63, 3.8) is 0 Å². The summed E-state index contributed by atoms with van der Waals surface area (Å²) in [5, 5.41) is 4.10. The van der Waals surface area contributed by atoms with Gasteiger partial charge in [-0.15, -0.1) is 5.10 Å². The van der Waals surface area contributed by atoms with Crippen molar-refractivity contribution in [2.45, 2.75) is 6.23 Å². The van der Waals surface area contributed by atoms with Crippen LogP contribution in [0.1, 0.15) is 17.4 Å². The summed E-state index contributed by atoms with van der Waals surface area (Å²) < 4.78 is 19.4. The fraction of sp³-hybridized carbons (Fsp3) is 0.0769. The van der Waals surface area contributed by atoms with Gasteiger partial charge in [-0.1, -0.05) is 12.1 Å². The summed E-state index contributed by atoms with van der Waals surface area (Å²) in [6, 6.07) is 7.78. The number of nitrogen functional groups attached to an aromatic ring is 1. The number of anilines is 1. The van der Waals surface area contributed by atoms with Gasteiger partial charge in [-0.05, 0) is 34.1 Å². The molecule has 0 aliphatic carbocycles. The van der Waals surface area contributed by atoms with Gasteiger partial charge in [0, 0.05) is 16.2 Å². The molecule has 1 aromatic heterocycles. The van der Waals surface area contributed by atoms with E-state index in [9.17, 15) is 4.39 Å². The summed E-state index contributed by atoms with van der Waals surface area (Å²) in [6.07, 6.45) is 1.13. The standard InChI is InChI=1S/C13H10BrFN4O/c14-8-5-10(11(16)17-6-8)13-19-18-12(20-13)7-1-3-9(15)4-2-7/h1-6,12,18H,(H2,16,17). The van der Waals surface area contributed by atoms with E-state index in [2.05, 4.69) is 31.4 Å². The number of hydrogen-bond donors (Lipinski definition) is 2. The minimum Gasteiger partial charge on any atom is -0.446 e. The first-order valence-corrected chi connectivity index (χ1v) is 6.59. The lowest BCUT2D eigenvalue weighted by atomic mass is 10.2. The lowest BCUT2D eigenvalue weighted by Crippen LogP contribution is -2.13. The Morgan fingerprint density at radius 3 is 2.80 bits per heavy atom. The van der Waals surface area contributed by atoms with Gasteiger partial charge >= 0.3 is 0 Å². The number of nitrogens with two attached hydrogens (primary N) is 1. The predicted molar refractivity (Wildman–Crippen MR) is 76.2 cm³/mol. The topological polar surface area (TPSA) is 72.5 Å². The predicted octanol–water partition coefficient (Wildman–Crippen LogP) is 2.55. The largest absolute Gasteiger partial charge is 0.446 e. The van der Waals surface area contributed by atoms with Crippen LogP contribution in [0.25, 0.3) is 0 Å². The number of ether oxygens (including phenoxy) is 1. The van der Waals surface area contributed by atoms with E-state index >= 15 is 0 Å². The Kier molecular flexibility index (Phi) is 3.27. The Bertz CT molecular complexity index is 675. The van der Waals surface area contributed by atoms with Gasteiger partial charge in [-0.25, -0.2) is 9.37 Å². The molecule has 0 spiro atoms. The van der Waals surface area contributed by atoms with Crippen LogP contribution in [-0.4, -0.2) is 10.9 Å². The summed E-state index contributed by atoms with van der Waals surface area (Å²) in [7, 11) is 0. The summed E-state index contributed by atoms with van der Waals surface area (Å²) in [6.45, 7) is 0. The molecule has 3 rings (SSSR count). The van der Waals surface area contributed by atoms with Crippen LogP contribution in [0.3, 0.4) is 0 Å². The van der Waals surface area contributed by atoms with E-state index in [1.807, 2.05) is 0 Å². The van der Waals surface area contributed by atoms with E-state index in [0.717, 1.165) is 10.0 Å². The molecule has 5 nitrogen and oxygen atoms in total. The molecule has 1 aliphatic heterocycles. The summed E-state index contributed by atoms with van der Waals surface area (Å²) in [5.41, 5.74) is 10.00. The number of halogens is 2. The van der Waals surface area contributed by atoms with Crippen molar-refractivity contribution in [2.75, 3.05) is 5.73 Å². The molecule has 0 saturated carbocycles. The lowest BCUT2D eigenvalue weighted by molar-refractivity contribution is 0.191. The molecule has 3 N–H and O–H groups in total. The second-order valence-corrected chi connectivity index (χ2v) is 5.10. The lowest BCUT2D eigenvalue weighted by Gasteiger charge is -2.11. The number of nitrogens with one attached hydrogen (secondary N) is 1. The van der Waals surface area contributed by atoms with Gasteiger partial charge in [-0.2, -0.15) is 0 Å². The molecule has 20 heavy (non-hydrogen) atoms. The number of benzene rings is 1. The number of rotatable bonds is 2. The maximum absolute atomic E-state index is 12.9. The van der Waals surface area contributed by atoms with Gasteiger partial charge in [0.05, 0.1) is 5.56 Å². The molecule has 2 heterocycles. The highest BCUT2D eigenvalue weighted by Crippen LogP contribution is 2.25. The van der Waals surface area contributed by atoms with Crippen molar-refractivity contribution in [1.29, 1.82) is 0 Å². The minimum atomic E-state index is -0.469. The number of aromatic nitrogens is 1. The van der Waals surface area contributed by atoms with Crippen LogP contribution in [0.15, 0.2) is 46.1 Å². The summed E-state index contributed by atoms with van der Waals surface area (Å²) >= 11 is 3.32. The van der Waals surface area contributed by atoms with Gasteiger partial charge in [0.25, 0.3) is 0 Å². The molecule has 7 heteroatoms. The van der Waals surface area contributed by atoms with E-state index in [-0.39, 0.29) is 5.82 Å². The van der Waals surface area contributed by atoms with Crippen molar-refractivity contribution >= 4 is 27.6 Å². The first kappa shape index (κ1) is 12.9. The molecule has 0 radical (unpaired) electrons. The molecule has 102 valence electrons. The number of pyridine rings is 1. The van der Waals surface area contributed by atoms with Crippen molar-refractivity contribution in [3.05, 3.63) is 57.9 Å². The highest BCUT2D eigenvalue weighted by Gasteiger charge is 2.24. The molecule has 0 bridgehead atoms. The minimum absolute atomic E-state index is 0.298. The summed E-state index contributed by atoms with van der Waals surface area (Å²) in [5.74, 6) is 0.382. The third kappa shape index (κ3) is 2.44. The third-order valence-corrected chi connectivity index (χ3v) is 3.23. The van der Waals surface area contributed by atoms with Crippen molar-refractivity contribution < 1.29 is 9.13 Å². The fourth-order valence-electron chi connectivity index (χ4n) is 1.81. The van der Waals surface area contributed by atoms with Crippen molar-refractivity contribution in [1.82, 2.24) is 10.4 Å². The molecule has 2 aromatic rings. The Labute approximate surface area is 122 Å². The van der Waals surface area contributed by atoms with E-state index in [1.54, 1.807) is 24.4 Å². The van der Waals surface area contributed by atoms with Gasteiger partial charge in [-0.3, -0.25) is 5.43 Å². The Morgan fingerprint density at radius 2 is 2.05 bits per heavy atom. The first-order valence-electron chi connectivity index (χ1n) is 5.80. The molecule has 0 amide bonds. The van der Waals surface area contributed by atoms with Crippen molar-refractivity contribution in [2.24, 2.45) is 5.10 Å². The Balaban J connectivity index is 1.82. The van der Waals surface area contributed by atoms with Crippen LogP contribution in [-0.2, 0) is 4.74 Å². The van der Waals surface area contributed by atoms with Crippen LogP contribution in [0.5, 0.6) is 0 Å². The van der Waals surface area contributed by atoms with Crippen molar-refractivity contribution in [3.8, 4) is 0 Å². The highest BCUT2D eigenvalue weighted by molar-refractivity contribution is 9.10. The zero-order valence-electron chi connectivity index (χ0n) is 10.2. The van der Waals surface area contributed by atoms with E-state index < -0.39 is 6.23 Å². The molecule has 1 aliphatic rings. The fourth-order valence-corrected chi connectivity index (χ4v) is 2.14.